The molecule has 1 amide bonds. The Bertz CT molecular complexity index is 927. The molecule has 1 fully saturated rings. The number of carbonyl (C=O) groups excluding carboxylic acids is 3. The first kappa shape index (κ1) is 20.9. The Kier molecular flexibility index (Phi) is 5.95. The van der Waals surface area contributed by atoms with E-state index in [0.717, 1.165) is 6.20 Å². The molecule has 29 heavy (non-hydrogen) atoms. The van der Waals surface area contributed by atoms with Crippen molar-refractivity contribution >= 4 is 28.6 Å². The summed E-state index contributed by atoms with van der Waals surface area (Å²) in [6.45, 7) is 2.59. The van der Waals surface area contributed by atoms with Crippen molar-refractivity contribution in [2.24, 2.45) is 5.92 Å². The number of likely N-dealkylation sites (tertiary alicyclic amines) is 1. The maximum Gasteiger partial charge on any atom is 0.454 e. The number of rotatable bonds is 5. The highest BCUT2D eigenvalue weighted by Crippen LogP contribution is 2.29. The number of para-hydroxylation sites is 1. The maximum atomic E-state index is 12.9. The molecule has 2 heterocycles. The van der Waals surface area contributed by atoms with Crippen molar-refractivity contribution < 1.29 is 32.3 Å². The molecular weight excluding hydrogens is 389 g/mol. The van der Waals surface area contributed by atoms with Gasteiger partial charge < -0.3 is 14.2 Å². The summed E-state index contributed by atoms with van der Waals surface area (Å²) in [6, 6.07) is 6.18. The third kappa shape index (κ3) is 4.44. The Morgan fingerprint density at radius 3 is 2.41 bits per heavy atom. The molecule has 0 aliphatic carbocycles. The maximum absolute atomic E-state index is 12.9. The lowest BCUT2D eigenvalue weighted by molar-refractivity contribution is -0.151. The fourth-order valence-electron chi connectivity index (χ4n) is 3.58. The molecule has 1 saturated heterocycles. The van der Waals surface area contributed by atoms with Crippen LogP contribution in [0.2, 0.25) is 0 Å². The summed E-state index contributed by atoms with van der Waals surface area (Å²) in [5, 5.41) is 0.156. The smallest absolute Gasteiger partial charge is 0.454 e. The Balaban J connectivity index is 1.75. The molecular formula is C20H21F3N2O4. The third-order valence-corrected chi connectivity index (χ3v) is 5.06. The van der Waals surface area contributed by atoms with Crippen LogP contribution in [0.3, 0.4) is 0 Å². The van der Waals surface area contributed by atoms with Crippen molar-refractivity contribution in [2.75, 3.05) is 19.7 Å². The van der Waals surface area contributed by atoms with E-state index in [4.69, 9.17) is 4.74 Å². The van der Waals surface area contributed by atoms with Gasteiger partial charge in [0.05, 0.1) is 18.1 Å². The molecule has 0 radical (unpaired) electrons. The molecule has 0 spiro atoms. The van der Waals surface area contributed by atoms with Crippen molar-refractivity contribution in [3.8, 4) is 0 Å². The summed E-state index contributed by atoms with van der Waals surface area (Å²) in [5.41, 5.74) is -0.0863. The van der Waals surface area contributed by atoms with Crippen molar-refractivity contribution in [1.29, 1.82) is 0 Å². The predicted molar refractivity (Wildman–Crippen MR) is 98.3 cm³/mol. The summed E-state index contributed by atoms with van der Waals surface area (Å²) in [7, 11) is 0. The van der Waals surface area contributed by atoms with E-state index in [0.29, 0.717) is 38.1 Å². The zero-order valence-electron chi connectivity index (χ0n) is 15.9. The van der Waals surface area contributed by atoms with E-state index in [9.17, 15) is 27.6 Å². The van der Waals surface area contributed by atoms with Gasteiger partial charge in [0.1, 0.15) is 6.54 Å². The van der Waals surface area contributed by atoms with Crippen LogP contribution < -0.4 is 0 Å². The number of benzene rings is 1. The van der Waals surface area contributed by atoms with Gasteiger partial charge in [0.25, 0.3) is 5.78 Å². The van der Waals surface area contributed by atoms with Crippen LogP contribution in [0.1, 0.15) is 30.1 Å². The molecule has 1 aliphatic rings. The van der Waals surface area contributed by atoms with Crippen molar-refractivity contribution in [3.05, 3.63) is 36.0 Å². The lowest BCUT2D eigenvalue weighted by Crippen LogP contribution is -2.42. The quantitative estimate of drug-likeness (QED) is 0.561. The number of alkyl halides is 3. The summed E-state index contributed by atoms with van der Waals surface area (Å²) < 4.78 is 45.1. The molecule has 1 aromatic heterocycles. The number of ether oxygens (including phenoxy) is 1. The van der Waals surface area contributed by atoms with Gasteiger partial charge in [-0.15, -0.1) is 0 Å². The first-order valence-electron chi connectivity index (χ1n) is 9.36. The predicted octanol–water partition coefficient (Wildman–Crippen LogP) is 3.19. The molecule has 0 bridgehead atoms. The standard InChI is InChI=1S/C20H21F3N2O4/c1-2-29-19(28)13-7-9-24(10-8-13)17(26)12-25-11-15(18(27)20(21,22)23)14-5-3-4-6-16(14)25/h3-6,11,13H,2,7-10,12H2,1H3. The average Bonchev–Trinajstić information content (AvgIpc) is 3.05. The van der Waals surface area contributed by atoms with E-state index in [1.165, 1.54) is 10.6 Å². The molecule has 6 nitrogen and oxygen atoms in total. The summed E-state index contributed by atoms with van der Waals surface area (Å²) >= 11 is 0. The van der Waals surface area contributed by atoms with Gasteiger partial charge in [-0.2, -0.15) is 13.2 Å². The van der Waals surface area contributed by atoms with E-state index < -0.39 is 17.5 Å². The first-order chi connectivity index (χ1) is 13.7. The number of aromatic nitrogens is 1. The monoisotopic (exact) mass is 410 g/mol. The zero-order valence-corrected chi connectivity index (χ0v) is 15.9. The number of Topliss-reactive ketones (excluding diaryl/α,β-unsaturated/α-hetero) is 1. The van der Waals surface area contributed by atoms with Gasteiger partial charge in [-0.3, -0.25) is 14.4 Å². The van der Waals surface area contributed by atoms with Crippen LogP contribution in [0.4, 0.5) is 13.2 Å². The third-order valence-electron chi connectivity index (χ3n) is 5.06. The second kappa shape index (κ2) is 8.26. The van der Waals surface area contributed by atoms with Gasteiger partial charge >= 0.3 is 12.1 Å². The molecule has 156 valence electrons. The van der Waals surface area contributed by atoms with Crippen LogP contribution in [0.15, 0.2) is 30.5 Å². The Morgan fingerprint density at radius 2 is 1.79 bits per heavy atom. The number of carbonyl (C=O) groups is 3. The molecule has 9 heteroatoms. The van der Waals surface area contributed by atoms with Gasteiger partial charge in [0.15, 0.2) is 0 Å². The van der Waals surface area contributed by atoms with Gasteiger partial charge in [-0.1, -0.05) is 18.2 Å². The van der Waals surface area contributed by atoms with Crippen molar-refractivity contribution in [2.45, 2.75) is 32.5 Å². The van der Waals surface area contributed by atoms with E-state index in [1.807, 2.05) is 0 Å². The Hall–Kier alpha value is -2.84. The van der Waals surface area contributed by atoms with Gasteiger partial charge in [0.2, 0.25) is 5.91 Å². The number of piperidine rings is 1. The molecule has 0 N–H and O–H groups in total. The van der Waals surface area contributed by atoms with Crippen LogP contribution in [-0.2, 0) is 20.9 Å². The lowest BCUT2D eigenvalue weighted by Gasteiger charge is -2.31. The number of halogens is 3. The topological polar surface area (TPSA) is 68.6 Å². The highest BCUT2D eigenvalue weighted by Gasteiger charge is 2.41. The number of amides is 1. The van der Waals surface area contributed by atoms with E-state index >= 15 is 0 Å². The van der Waals surface area contributed by atoms with E-state index in [2.05, 4.69) is 0 Å². The van der Waals surface area contributed by atoms with Crippen LogP contribution in [0.25, 0.3) is 10.9 Å². The second-order valence-corrected chi connectivity index (χ2v) is 6.92. The fraction of sp³-hybridized carbons (Fsp3) is 0.450. The number of nitrogens with zero attached hydrogens (tertiary/aromatic N) is 2. The summed E-state index contributed by atoms with van der Waals surface area (Å²) in [6.07, 6.45) is -2.94. The van der Waals surface area contributed by atoms with Gasteiger partial charge in [-0.25, -0.2) is 0 Å². The van der Waals surface area contributed by atoms with E-state index in [-0.39, 0.29) is 29.7 Å². The highest BCUT2D eigenvalue weighted by molar-refractivity contribution is 6.10. The first-order valence-corrected chi connectivity index (χ1v) is 9.36. The molecule has 0 saturated carbocycles. The van der Waals surface area contributed by atoms with Crippen LogP contribution in [0.5, 0.6) is 0 Å². The summed E-state index contributed by atoms with van der Waals surface area (Å²) in [4.78, 5) is 37.8. The molecule has 1 aliphatic heterocycles. The van der Waals surface area contributed by atoms with Gasteiger partial charge in [0, 0.05) is 30.2 Å². The number of hydrogen-bond donors (Lipinski definition) is 0. The Morgan fingerprint density at radius 1 is 1.14 bits per heavy atom. The second-order valence-electron chi connectivity index (χ2n) is 6.92. The number of esters is 1. The van der Waals surface area contributed by atoms with Crippen LogP contribution in [-0.4, -0.2) is 53.0 Å². The number of hydrogen-bond acceptors (Lipinski definition) is 4. The minimum Gasteiger partial charge on any atom is -0.466 e. The largest absolute Gasteiger partial charge is 0.466 e. The molecule has 1 aromatic carbocycles. The number of ketones is 1. The van der Waals surface area contributed by atoms with Crippen molar-refractivity contribution in [1.82, 2.24) is 9.47 Å². The van der Waals surface area contributed by atoms with Crippen LogP contribution >= 0.6 is 0 Å². The zero-order chi connectivity index (χ0) is 21.2. The molecule has 3 rings (SSSR count). The van der Waals surface area contributed by atoms with Gasteiger partial charge in [-0.05, 0) is 25.8 Å². The summed E-state index contributed by atoms with van der Waals surface area (Å²) in [5.74, 6) is -2.73. The fourth-order valence-corrected chi connectivity index (χ4v) is 3.58. The Labute approximate surface area is 165 Å². The highest BCUT2D eigenvalue weighted by atomic mass is 19.4. The SMILES string of the molecule is CCOC(=O)C1CCN(C(=O)Cn2cc(C(=O)C(F)(F)F)c3ccccc32)CC1. The molecule has 0 atom stereocenters. The van der Waals surface area contributed by atoms with Crippen molar-refractivity contribution in [3.63, 3.8) is 0 Å². The minimum atomic E-state index is -4.99. The molecule has 2 aromatic rings. The average molecular weight is 410 g/mol. The number of fused-ring (bicyclic) bond motifs is 1. The normalized spacial score (nSPS) is 15.5. The van der Waals surface area contributed by atoms with Crippen LogP contribution in [0, 0.1) is 5.92 Å². The minimum absolute atomic E-state index is 0.156. The lowest BCUT2D eigenvalue weighted by atomic mass is 9.97. The van der Waals surface area contributed by atoms with E-state index in [1.54, 1.807) is 30.0 Å². The molecule has 0 unspecified atom stereocenters.